The summed E-state index contributed by atoms with van der Waals surface area (Å²) in [6.45, 7) is 0.0871. The quantitative estimate of drug-likeness (QED) is 0.619. The lowest BCUT2D eigenvalue weighted by Gasteiger charge is -2.07. The molecule has 104 valence electrons. The van der Waals surface area contributed by atoms with E-state index >= 15 is 0 Å². The van der Waals surface area contributed by atoms with Crippen LogP contribution in [-0.4, -0.2) is 30.5 Å². The summed E-state index contributed by atoms with van der Waals surface area (Å²) < 4.78 is 11.3. The number of hydrogen-bond donors (Lipinski definition) is 0. The standard InChI is InChI=1S/C15H15NO4/c1-19-12-7-5-11(6-8-12)14(17)10-16-9-3-4-13(16)15(18)20-2/h3-9H,10H2,1-2H3. The monoisotopic (exact) mass is 273 g/mol. The zero-order chi connectivity index (χ0) is 14.5. The zero-order valence-corrected chi connectivity index (χ0v) is 11.3. The molecule has 0 aliphatic carbocycles. The molecule has 0 unspecified atom stereocenters. The van der Waals surface area contributed by atoms with E-state index in [1.54, 1.807) is 54.3 Å². The summed E-state index contributed by atoms with van der Waals surface area (Å²) in [5.74, 6) is 0.143. The van der Waals surface area contributed by atoms with Crippen molar-refractivity contribution in [3.05, 3.63) is 53.9 Å². The van der Waals surface area contributed by atoms with E-state index in [4.69, 9.17) is 4.74 Å². The number of esters is 1. The first-order valence-electron chi connectivity index (χ1n) is 6.06. The number of nitrogens with zero attached hydrogens (tertiary/aromatic N) is 1. The first-order chi connectivity index (χ1) is 9.65. The van der Waals surface area contributed by atoms with E-state index in [0.717, 1.165) is 0 Å². The van der Waals surface area contributed by atoms with E-state index in [-0.39, 0.29) is 12.3 Å². The molecule has 1 aromatic carbocycles. The second kappa shape index (κ2) is 6.06. The molecule has 5 heteroatoms. The van der Waals surface area contributed by atoms with Gasteiger partial charge in [0.05, 0.1) is 20.8 Å². The van der Waals surface area contributed by atoms with Gasteiger partial charge >= 0.3 is 5.97 Å². The predicted molar refractivity (Wildman–Crippen MR) is 73.1 cm³/mol. The first kappa shape index (κ1) is 13.9. The Morgan fingerprint density at radius 3 is 2.40 bits per heavy atom. The molecule has 0 aliphatic heterocycles. The molecule has 0 aliphatic rings. The van der Waals surface area contributed by atoms with Crippen LogP contribution in [0.4, 0.5) is 0 Å². The highest BCUT2D eigenvalue weighted by molar-refractivity contribution is 5.97. The van der Waals surface area contributed by atoms with Gasteiger partial charge in [-0.3, -0.25) is 4.79 Å². The van der Waals surface area contributed by atoms with Gasteiger partial charge in [0.1, 0.15) is 11.4 Å². The van der Waals surface area contributed by atoms with E-state index in [2.05, 4.69) is 4.74 Å². The van der Waals surface area contributed by atoms with Crippen molar-refractivity contribution in [3.63, 3.8) is 0 Å². The average molecular weight is 273 g/mol. The van der Waals surface area contributed by atoms with Crippen molar-refractivity contribution >= 4 is 11.8 Å². The molecular formula is C15H15NO4. The highest BCUT2D eigenvalue weighted by Gasteiger charge is 2.14. The largest absolute Gasteiger partial charge is 0.497 e. The Morgan fingerprint density at radius 1 is 1.10 bits per heavy atom. The number of hydrogen-bond acceptors (Lipinski definition) is 4. The zero-order valence-electron chi connectivity index (χ0n) is 11.3. The number of ether oxygens (including phenoxy) is 2. The maximum atomic E-state index is 12.2. The van der Waals surface area contributed by atoms with E-state index in [1.807, 2.05) is 0 Å². The molecular weight excluding hydrogens is 258 g/mol. The van der Waals surface area contributed by atoms with E-state index < -0.39 is 5.97 Å². The van der Waals surface area contributed by atoms with Crippen molar-refractivity contribution in [3.8, 4) is 5.75 Å². The summed E-state index contributed by atoms with van der Waals surface area (Å²) in [5.41, 5.74) is 0.921. The molecule has 0 spiro atoms. The smallest absolute Gasteiger partial charge is 0.354 e. The summed E-state index contributed by atoms with van der Waals surface area (Å²) in [4.78, 5) is 23.7. The minimum Gasteiger partial charge on any atom is -0.497 e. The summed E-state index contributed by atoms with van der Waals surface area (Å²) in [7, 11) is 2.88. The molecule has 1 aromatic heterocycles. The topological polar surface area (TPSA) is 57.5 Å². The van der Waals surface area contributed by atoms with Gasteiger partial charge in [0.25, 0.3) is 0 Å². The van der Waals surface area contributed by atoms with Gasteiger partial charge in [0.2, 0.25) is 0 Å². The first-order valence-corrected chi connectivity index (χ1v) is 6.06. The minimum absolute atomic E-state index is 0.0871. The van der Waals surface area contributed by atoms with Crippen LogP contribution in [0.3, 0.4) is 0 Å². The van der Waals surface area contributed by atoms with Crippen LogP contribution < -0.4 is 4.74 Å². The predicted octanol–water partition coefficient (Wildman–Crippen LogP) is 2.17. The molecule has 0 bridgehead atoms. The number of aromatic nitrogens is 1. The molecule has 1 heterocycles. The molecule has 0 amide bonds. The van der Waals surface area contributed by atoms with Gasteiger partial charge < -0.3 is 14.0 Å². The number of methoxy groups -OCH3 is 2. The third-order valence-corrected chi connectivity index (χ3v) is 2.95. The number of Topliss-reactive ketones (excluding diaryl/α,β-unsaturated/α-hetero) is 1. The van der Waals surface area contributed by atoms with Crippen molar-refractivity contribution < 1.29 is 19.1 Å². The molecule has 5 nitrogen and oxygen atoms in total. The van der Waals surface area contributed by atoms with E-state index in [0.29, 0.717) is 17.0 Å². The van der Waals surface area contributed by atoms with Gasteiger partial charge in [-0.1, -0.05) is 0 Å². The van der Waals surface area contributed by atoms with E-state index in [9.17, 15) is 9.59 Å². The Labute approximate surface area is 116 Å². The highest BCUT2D eigenvalue weighted by atomic mass is 16.5. The van der Waals surface area contributed by atoms with Crippen LogP contribution >= 0.6 is 0 Å². The SMILES string of the molecule is COC(=O)c1cccn1CC(=O)c1ccc(OC)cc1. The molecule has 0 atom stereocenters. The van der Waals surface area contributed by atoms with Crippen LogP contribution in [0.15, 0.2) is 42.6 Å². The number of benzene rings is 1. The van der Waals surface area contributed by atoms with Gasteiger partial charge in [-0.25, -0.2) is 4.79 Å². The summed E-state index contributed by atoms with van der Waals surface area (Å²) in [6, 6.07) is 10.2. The lowest BCUT2D eigenvalue weighted by molar-refractivity contribution is 0.0588. The number of carbonyl (C=O) groups is 2. The van der Waals surface area contributed by atoms with Crippen LogP contribution in [0, 0.1) is 0 Å². The normalized spacial score (nSPS) is 10.1. The maximum Gasteiger partial charge on any atom is 0.354 e. The lowest BCUT2D eigenvalue weighted by atomic mass is 10.1. The molecule has 2 aromatic rings. The Kier molecular flexibility index (Phi) is 4.20. The van der Waals surface area contributed by atoms with Gasteiger partial charge in [-0.05, 0) is 36.4 Å². The van der Waals surface area contributed by atoms with Crippen LogP contribution in [0.1, 0.15) is 20.8 Å². The molecule has 2 rings (SSSR count). The van der Waals surface area contributed by atoms with Gasteiger partial charge in [-0.15, -0.1) is 0 Å². The third-order valence-electron chi connectivity index (χ3n) is 2.95. The molecule has 0 radical (unpaired) electrons. The van der Waals surface area contributed by atoms with Crippen LogP contribution in [0.5, 0.6) is 5.75 Å². The number of ketones is 1. The minimum atomic E-state index is -0.461. The summed E-state index contributed by atoms with van der Waals surface area (Å²) in [6.07, 6.45) is 1.67. The third kappa shape index (κ3) is 2.88. The second-order valence-corrected chi connectivity index (χ2v) is 4.16. The molecule has 0 fully saturated rings. The number of rotatable bonds is 5. The molecule has 0 N–H and O–H groups in total. The molecule has 20 heavy (non-hydrogen) atoms. The van der Waals surface area contributed by atoms with Crippen molar-refractivity contribution in [2.45, 2.75) is 6.54 Å². The van der Waals surface area contributed by atoms with Crippen LogP contribution in [0.2, 0.25) is 0 Å². The van der Waals surface area contributed by atoms with Crippen molar-refractivity contribution in [2.75, 3.05) is 14.2 Å². The lowest BCUT2D eigenvalue weighted by Crippen LogP contribution is -2.15. The van der Waals surface area contributed by atoms with E-state index in [1.165, 1.54) is 7.11 Å². The highest BCUT2D eigenvalue weighted by Crippen LogP contribution is 2.13. The fourth-order valence-electron chi connectivity index (χ4n) is 1.86. The van der Waals surface area contributed by atoms with Gasteiger partial charge in [0.15, 0.2) is 5.78 Å². The summed E-state index contributed by atoms with van der Waals surface area (Å²) >= 11 is 0. The fraction of sp³-hybridized carbons (Fsp3) is 0.200. The summed E-state index contributed by atoms with van der Waals surface area (Å²) in [5, 5.41) is 0. The van der Waals surface area contributed by atoms with Crippen LogP contribution in [-0.2, 0) is 11.3 Å². The Balaban J connectivity index is 2.15. The van der Waals surface area contributed by atoms with Gasteiger partial charge in [-0.2, -0.15) is 0 Å². The van der Waals surface area contributed by atoms with Crippen LogP contribution in [0.25, 0.3) is 0 Å². The Morgan fingerprint density at radius 2 is 1.80 bits per heavy atom. The van der Waals surface area contributed by atoms with Crippen molar-refractivity contribution in [2.24, 2.45) is 0 Å². The molecule has 0 saturated carbocycles. The fourth-order valence-corrected chi connectivity index (χ4v) is 1.86. The van der Waals surface area contributed by atoms with Crippen molar-refractivity contribution in [1.82, 2.24) is 4.57 Å². The Hall–Kier alpha value is -2.56. The van der Waals surface area contributed by atoms with Gasteiger partial charge in [0, 0.05) is 11.8 Å². The van der Waals surface area contributed by atoms with Crippen molar-refractivity contribution in [1.29, 1.82) is 0 Å². The Bertz CT molecular complexity index is 613. The maximum absolute atomic E-state index is 12.2. The second-order valence-electron chi connectivity index (χ2n) is 4.16. The molecule has 0 saturated heterocycles. The number of carbonyl (C=O) groups excluding carboxylic acids is 2. The average Bonchev–Trinajstić information content (AvgIpc) is 2.94.